The van der Waals surface area contributed by atoms with Gasteiger partial charge in [-0.25, -0.2) is 14.2 Å². The Morgan fingerprint density at radius 2 is 2.16 bits per heavy atom. The molecule has 3 heterocycles. The molecular weight excluding hydrogens is 407 g/mol. The van der Waals surface area contributed by atoms with E-state index in [-0.39, 0.29) is 12.3 Å². The van der Waals surface area contributed by atoms with Crippen molar-refractivity contribution in [2.45, 2.75) is 32.4 Å². The van der Waals surface area contributed by atoms with Crippen LogP contribution in [0.3, 0.4) is 0 Å². The Balaban J connectivity index is 1.87. The quantitative estimate of drug-likeness (QED) is 0.561. The number of oxazole rings is 1. The molecule has 0 saturated carbocycles. The minimum absolute atomic E-state index is 0.103. The third kappa shape index (κ3) is 3.36. The fourth-order valence-electron chi connectivity index (χ4n) is 4.57. The zero-order valence-electron chi connectivity index (χ0n) is 17.4. The number of imide groups is 1. The van der Waals surface area contributed by atoms with E-state index < -0.39 is 35.3 Å². The number of aldehydes is 1. The fraction of sp³-hybridized carbons (Fsp3) is 0.429. The van der Waals surface area contributed by atoms with Crippen LogP contribution in [0, 0.1) is 18.2 Å². The summed E-state index contributed by atoms with van der Waals surface area (Å²) in [6.07, 6.45) is 1.35. The maximum Gasteiger partial charge on any atom is 0.321 e. The van der Waals surface area contributed by atoms with Crippen LogP contribution in [0.15, 0.2) is 22.8 Å². The standard InChI is InChI=1S/C21H23FN4O5/c1-11-9-31-18(24-11)13-6-14-8-21(10-27,19(28)25-20(29)23-3)17-12(2)30-5-4-26(17)16(14)15(22)7-13/h6-7,9-10,12,17H,4-5,8H2,1-3H3,(H2,23,25,28,29)/t12-,17+,21?/m0/s1. The molecule has 2 aromatic rings. The van der Waals surface area contributed by atoms with Gasteiger partial charge in [0, 0.05) is 19.2 Å². The van der Waals surface area contributed by atoms with Gasteiger partial charge in [0.15, 0.2) is 0 Å². The predicted octanol–water partition coefficient (Wildman–Crippen LogP) is 1.58. The molecule has 31 heavy (non-hydrogen) atoms. The molecule has 3 atom stereocenters. The number of fused-ring (bicyclic) bond motifs is 3. The molecule has 2 aliphatic heterocycles. The number of aromatic nitrogens is 1. The molecule has 0 aliphatic carbocycles. The van der Waals surface area contributed by atoms with Crippen LogP contribution in [0.25, 0.3) is 11.5 Å². The zero-order chi connectivity index (χ0) is 22.3. The number of hydrogen-bond acceptors (Lipinski definition) is 7. The molecular formula is C21H23FN4O5. The summed E-state index contributed by atoms with van der Waals surface area (Å²) in [6, 6.07) is 1.49. The number of hydrogen-bond donors (Lipinski definition) is 2. The Morgan fingerprint density at radius 1 is 1.39 bits per heavy atom. The number of anilines is 1. The summed E-state index contributed by atoms with van der Waals surface area (Å²) < 4.78 is 26.4. The summed E-state index contributed by atoms with van der Waals surface area (Å²) in [4.78, 5) is 43.4. The van der Waals surface area contributed by atoms with Crippen LogP contribution < -0.4 is 15.5 Å². The van der Waals surface area contributed by atoms with Crippen molar-refractivity contribution in [2.75, 3.05) is 25.1 Å². The molecule has 1 aromatic heterocycles. The molecule has 0 bridgehead atoms. The maximum absolute atomic E-state index is 15.3. The van der Waals surface area contributed by atoms with Gasteiger partial charge in [-0.2, -0.15) is 0 Å². The van der Waals surface area contributed by atoms with E-state index in [0.29, 0.717) is 41.9 Å². The number of carbonyl (C=O) groups is 3. The lowest BCUT2D eigenvalue weighted by Gasteiger charge is -2.52. The summed E-state index contributed by atoms with van der Waals surface area (Å²) in [7, 11) is 1.37. The molecule has 2 aliphatic rings. The lowest BCUT2D eigenvalue weighted by atomic mass is 9.69. The fourth-order valence-corrected chi connectivity index (χ4v) is 4.57. The van der Waals surface area contributed by atoms with Gasteiger partial charge in [0.2, 0.25) is 11.8 Å². The first kappa shape index (κ1) is 21.0. The normalized spacial score (nSPS) is 24.7. The number of nitrogens with zero attached hydrogens (tertiary/aromatic N) is 2. The van der Waals surface area contributed by atoms with Gasteiger partial charge in [-0.05, 0) is 38.0 Å². The van der Waals surface area contributed by atoms with Gasteiger partial charge in [0.1, 0.15) is 23.8 Å². The van der Waals surface area contributed by atoms with E-state index >= 15 is 4.39 Å². The number of carbonyl (C=O) groups excluding carboxylic acids is 3. The third-order valence-electron chi connectivity index (χ3n) is 5.89. The van der Waals surface area contributed by atoms with E-state index in [0.717, 1.165) is 0 Å². The molecule has 2 N–H and O–H groups in total. The van der Waals surface area contributed by atoms with E-state index in [4.69, 9.17) is 9.15 Å². The lowest BCUT2D eigenvalue weighted by Crippen LogP contribution is -2.67. The minimum atomic E-state index is -1.66. The Kier molecular flexibility index (Phi) is 5.26. The van der Waals surface area contributed by atoms with E-state index in [1.165, 1.54) is 19.4 Å². The zero-order valence-corrected chi connectivity index (χ0v) is 17.4. The summed E-state index contributed by atoms with van der Waals surface area (Å²) in [5, 5.41) is 4.52. The van der Waals surface area contributed by atoms with E-state index in [1.807, 2.05) is 0 Å². The first-order valence-electron chi connectivity index (χ1n) is 9.93. The van der Waals surface area contributed by atoms with Gasteiger partial charge in [0.25, 0.3) is 0 Å². The molecule has 1 saturated heterocycles. The largest absolute Gasteiger partial charge is 0.444 e. The average molecular weight is 430 g/mol. The topological polar surface area (TPSA) is 114 Å². The number of urea groups is 1. The Labute approximate surface area is 177 Å². The highest BCUT2D eigenvalue weighted by Gasteiger charge is 2.56. The van der Waals surface area contributed by atoms with Gasteiger partial charge >= 0.3 is 6.03 Å². The number of rotatable bonds is 3. The molecule has 4 rings (SSSR count). The monoisotopic (exact) mass is 430 g/mol. The van der Waals surface area contributed by atoms with Crippen molar-refractivity contribution >= 4 is 23.9 Å². The molecule has 3 amide bonds. The molecule has 1 unspecified atom stereocenters. The number of nitrogens with one attached hydrogen (secondary N) is 2. The van der Waals surface area contributed by atoms with Gasteiger partial charge in [-0.3, -0.25) is 10.1 Å². The second kappa shape index (κ2) is 7.77. The summed E-state index contributed by atoms with van der Waals surface area (Å²) in [5.41, 5.74) is 0.155. The van der Waals surface area contributed by atoms with Crippen LogP contribution >= 0.6 is 0 Å². The third-order valence-corrected chi connectivity index (χ3v) is 5.89. The van der Waals surface area contributed by atoms with E-state index in [9.17, 15) is 14.4 Å². The van der Waals surface area contributed by atoms with Crippen LogP contribution in [0.2, 0.25) is 0 Å². The molecule has 1 fully saturated rings. The first-order chi connectivity index (χ1) is 14.8. The summed E-state index contributed by atoms with van der Waals surface area (Å²) >= 11 is 0. The number of benzene rings is 1. The van der Waals surface area contributed by atoms with Crippen molar-refractivity contribution in [3.8, 4) is 11.5 Å². The molecule has 9 nitrogen and oxygen atoms in total. The Morgan fingerprint density at radius 3 is 2.81 bits per heavy atom. The number of halogens is 1. The number of aryl methyl sites for hydroxylation is 1. The van der Waals surface area contributed by atoms with Gasteiger partial charge < -0.3 is 24.2 Å². The second-order valence-electron chi connectivity index (χ2n) is 7.84. The van der Waals surface area contributed by atoms with Crippen LogP contribution in [-0.4, -0.2) is 55.6 Å². The smallest absolute Gasteiger partial charge is 0.321 e. The molecule has 0 radical (unpaired) electrons. The maximum atomic E-state index is 15.3. The molecule has 1 aromatic carbocycles. The second-order valence-corrected chi connectivity index (χ2v) is 7.84. The van der Waals surface area contributed by atoms with E-state index in [1.54, 1.807) is 24.8 Å². The first-order valence-corrected chi connectivity index (χ1v) is 9.93. The van der Waals surface area contributed by atoms with Crippen molar-refractivity contribution < 1.29 is 27.9 Å². The van der Waals surface area contributed by atoms with Crippen LogP contribution in [0.5, 0.6) is 0 Å². The minimum Gasteiger partial charge on any atom is -0.444 e. The van der Waals surface area contributed by atoms with Crippen LogP contribution in [-0.2, 0) is 20.7 Å². The van der Waals surface area contributed by atoms with Crippen molar-refractivity contribution in [3.05, 3.63) is 35.5 Å². The summed E-state index contributed by atoms with van der Waals surface area (Å²) in [6.45, 7) is 4.08. The van der Waals surface area contributed by atoms with Gasteiger partial charge in [0.05, 0.1) is 30.1 Å². The number of ether oxygens (including phenoxy) is 1. The van der Waals surface area contributed by atoms with Crippen LogP contribution in [0.4, 0.5) is 14.9 Å². The van der Waals surface area contributed by atoms with Gasteiger partial charge in [-0.15, -0.1) is 0 Å². The van der Waals surface area contributed by atoms with Crippen molar-refractivity contribution in [2.24, 2.45) is 5.41 Å². The molecule has 164 valence electrons. The Bertz CT molecular complexity index is 1050. The number of morpholine rings is 1. The molecule has 0 spiro atoms. The van der Waals surface area contributed by atoms with E-state index in [2.05, 4.69) is 15.6 Å². The number of amides is 3. The average Bonchev–Trinajstić information content (AvgIpc) is 3.18. The molecule has 10 heteroatoms. The van der Waals surface area contributed by atoms with Crippen molar-refractivity contribution in [1.82, 2.24) is 15.6 Å². The predicted molar refractivity (Wildman–Crippen MR) is 108 cm³/mol. The highest BCUT2D eigenvalue weighted by molar-refractivity contribution is 6.06. The van der Waals surface area contributed by atoms with Crippen molar-refractivity contribution in [3.63, 3.8) is 0 Å². The van der Waals surface area contributed by atoms with Crippen LogP contribution in [0.1, 0.15) is 18.2 Å². The lowest BCUT2D eigenvalue weighted by molar-refractivity contribution is -0.142. The Hall–Kier alpha value is -3.27. The van der Waals surface area contributed by atoms with Crippen molar-refractivity contribution in [1.29, 1.82) is 0 Å². The highest BCUT2D eigenvalue weighted by atomic mass is 19.1. The SMILES string of the molecule is CNC(=O)NC(=O)C1(C=O)Cc2cc(-c3nc(C)co3)cc(F)c2N2CCO[C@@H](C)[C@@H]21. The van der Waals surface area contributed by atoms with Gasteiger partial charge in [-0.1, -0.05) is 0 Å². The summed E-state index contributed by atoms with van der Waals surface area (Å²) in [5.74, 6) is -1.03. The highest BCUT2D eigenvalue weighted by Crippen LogP contribution is 2.46.